The molecule has 0 aliphatic heterocycles. The van der Waals surface area contributed by atoms with Crippen LogP contribution in [0.25, 0.3) is 0 Å². The predicted octanol–water partition coefficient (Wildman–Crippen LogP) is 3.91. The molecular weight excluding hydrogens is 413 g/mol. The van der Waals surface area contributed by atoms with Gasteiger partial charge in [-0.2, -0.15) is 13.2 Å². The van der Waals surface area contributed by atoms with Gasteiger partial charge in [0.15, 0.2) is 6.61 Å². The Hall–Kier alpha value is -2.88. The smallest absolute Gasteiger partial charge is 0.422 e. The van der Waals surface area contributed by atoms with Crippen molar-refractivity contribution < 1.29 is 27.5 Å². The van der Waals surface area contributed by atoms with Crippen LogP contribution in [-0.4, -0.2) is 34.6 Å². The minimum absolute atomic E-state index is 0.110. The average Bonchev–Trinajstić information content (AvgIpc) is 2.66. The summed E-state index contributed by atoms with van der Waals surface area (Å²) in [5.74, 6) is -0.790. The van der Waals surface area contributed by atoms with Gasteiger partial charge in [-0.1, -0.05) is 18.5 Å². The highest BCUT2D eigenvalue weighted by atomic mass is 35.5. The molecule has 2 aromatic heterocycles. The average molecular weight is 431 g/mol. The predicted molar refractivity (Wildman–Crippen MR) is 99.8 cm³/mol. The second-order valence-corrected chi connectivity index (χ2v) is 6.39. The Balaban J connectivity index is 2.05. The monoisotopic (exact) mass is 430 g/mol. The number of nitrogens with one attached hydrogen (secondary N) is 2. The van der Waals surface area contributed by atoms with Crippen LogP contribution in [0.15, 0.2) is 30.6 Å². The van der Waals surface area contributed by atoms with Crippen LogP contribution in [0.5, 0.6) is 5.88 Å². The molecule has 7 nitrogen and oxygen atoms in total. The van der Waals surface area contributed by atoms with Crippen LogP contribution in [0, 0.1) is 0 Å². The zero-order valence-corrected chi connectivity index (χ0v) is 16.3. The molecule has 1 atom stereocenters. The maximum atomic E-state index is 12.4. The molecule has 29 heavy (non-hydrogen) atoms. The standard InChI is InChI=1S/C18H18ClF3N4O3/c1-3-15(27)26-14-7-11(4-5-23-14)16(28)25-10(2)12-6-13(19)17(24-8-12)29-9-18(20,21)22/h4-8,10H,3,9H2,1-2H3,(H,25,28)(H,23,26,27). The first kappa shape index (κ1) is 22.4. The van der Waals surface area contributed by atoms with Crippen molar-refractivity contribution >= 4 is 29.2 Å². The zero-order valence-electron chi connectivity index (χ0n) is 15.5. The lowest BCUT2D eigenvalue weighted by Gasteiger charge is -2.16. The van der Waals surface area contributed by atoms with Crippen molar-refractivity contribution in [3.05, 3.63) is 46.7 Å². The third kappa shape index (κ3) is 6.90. The lowest BCUT2D eigenvalue weighted by atomic mass is 10.1. The van der Waals surface area contributed by atoms with E-state index < -0.39 is 24.7 Å². The minimum Gasteiger partial charge on any atom is -0.467 e. The van der Waals surface area contributed by atoms with Crippen LogP contribution in [0.2, 0.25) is 5.02 Å². The third-order valence-corrected chi connectivity index (χ3v) is 3.93. The summed E-state index contributed by atoms with van der Waals surface area (Å²) in [5, 5.41) is 5.16. The first-order chi connectivity index (χ1) is 13.6. The number of rotatable bonds is 7. The second kappa shape index (κ2) is 9.55. The van der Waals surface area contributed by atoms with Gasteiger partial charge in [-0.25, -0.2) is 9.97 Å². The molecule has 2 N–H and O–H groups in total. The number of amides is 2. The van der Waals surface area contributed by atoms with Crippen molar-refractivity contribution in [1.29, 1.82) is 0 Å². The number of anilines is 1. The summed E-state index contributed by atoms with van der Waals surface area (Å²) in [5.41, 5.74) is 0.735. The van der Waals surface area contributed by atoms with E-state index in [9.17, 15) is 22.8 Å². The Morgan fingerprint density at radius 3 is 2.62 bits per heavy atom. The van der Waals surface area contributed by atoms with Crippen LogP contribution >= 0.6 is 11.6 Å². The molecule has 2 aromatic rings. The van der Waals surface area contributed by atoms with Gasteiger partial charge in [0.1, 0.15) is 10.8 Å². The Morgan fingerprint density at radius 2 is 2.00 bits per heavy atom. The van der Waals surface area contributed by atoms with E-state index in [0.29, 0.717) is 5.56 Å². The van der Waals surface area contributed by atoms with Crippen molar-refractivity contribution in [3.63, 3.8) is 0 Å². The number of alkyl halides is 3. The summed E-state index contributed by atoms with van der Waals surface area (Å²) in [7, 11) is 0. The van der Waals surface area contributed by atoms with E-state index in [1.54, 1.807) is 13.8 Å². The quantitative estimate of drug-likeness (QED) is 0.694. The molecule has 1 unspecified atom stereocenters. The molecule has 2 heterocycles. The Morgan fingerprint density at radius 1 is 1.28 bits per heavy atom. The highest BCUT2D eigenvalue weighted by Crippen LogP contribution is 2.27. The number of aromatic nitrogens is 2. The van der Waals surface area contributed by atoms with Gasteiger partial charge in [-0.05, 0) is 30.7 Å². The van der Waals surface area contributed by atoms with Gasteiger partial charge in [0, 0.05) is 24.4 Å². The number of ether oxygens (including phenoxy) is 1. The number of hydrogen-bond donors (Lipinski definition) is 2. The summed E-state index contributed by atoms with van der Waals surface area (Å²) >= 11 is 5.92. The van der Waals surface area contributed by atoms with Gasteiger partial charge in [0.25, 0.3) is 5.91 Å². The van der Waals surface area contributed by atoms with Crippen molar-refractivity contribution in [1.82, 2.24) is 15.3 Å². The topological polar surface area (TPSA) is 93.2 Å². The molecule has 156 valence electrons. The molecule has 0 aliphatic rings. The van der Waals surface area contributed by atoms with Crippen molar-refractivity contribution in [3.8, 4) is 5.88 Å². The maximum Gasteiger partial charge on any atom is 0.422 e. The molecule has 0 saturated heterocycles. The summed E-state index contributed by atoms with van der Waals surface area (Å²) in [6.45, 7) is 1.83. The molecule has 0 aromatic carbocycles. The van der Waals surface area contributed by atoms with Gasteiger partial charge in [-0.3, -0.25) is 9.59 Å². The van der Waals surface area contributed by atoms with Crippen LogP contribution in [0.4, 0.5) is 19.0 Å². The van der Waals surface area contributed by atoms with E-state index in [1.807, 2.05) is 0 Å². The fourth-order valence-corrected chi connectivity index (χ4v) is 2.40. The largest absolute Gasteiger partial charge is 0.467 e. The van der Waals surface area contributed by atoms with E-state index in [1.165, 1.54) is 30.6 Å². The van der Waals surface area contributed by atoms with Gasteiger partial charge in [0.05, 0.1) is 6.04 Å². The molecule has 2 rings (SSSR count). The van der Waals surface area contributed by atoms with E-state index in [2.05, 4.69) is 25.3 Å². The summed E-state index contributed by atoms with van der Waals surface area (Å²) in [6.07, 6.45) is -1.59. The maximum absolute atomic E-state index is 12.4. The highest BCUT2D eigenvalue weighted by molar-refractivity contribution is 6.31. The van der Waals surface area contributed by atoms with Gasteiger partial charge < -0.3 is 15.4 Å². The number of hydrogen-bond acceptors (Lipinski definition) is 5. The van der Waals surface area contributed by atoms with Crippen LogP contribution in [0.3, 0.4) is 0 Å². The number of carbonyl (C=O) groups excluding carboxylic acids is 2. The molecule has 0 bridgehead atoms. The van der Waals surface area contributed by atoms with Crippen LogP contribution in [-0.2, 0) is 4.79 Å². The molecule has 0 saturated carbocycles. The number of carbonyl (C=O) groups is 2. The lowest BCUT2D eigenvalue weighted by Crippen LogP contribution is -2.27. The summed E-state index contributed by atoms with van der Waals surface area (Å²) < 4.78 is 41.2. The first-order valence-corrected chi connectivity index (χ1v) is 8.88. The molecule has 0 radical (unpaired) electrons. The van der Waals surface area contributed by atoms with Crippen molar-refractivity contribution in [2.24, 2.45) is 0 Å². The second-order valence-electron chi connectivity index (χ2n) is 5.99. The molecule has 0 aliphatic carbocycles. The first-order valence-electron chi connectivity index (χ1n) is 8.50. The van der Waals surface area contributed by atoms with Gasteiger partial charge in [0.2, 0.25) is 11.8 Å². The summed E-state index contributed by atoms with van der Waals surface area (Å²) in [6, 6.07) is 3.72. The SMILES string of the molecule is CCC(=O)Nc1cc(C(=O)NC(C)c2cnc(OCC(F)(F)F)c(Cl)c2)ccn1. The van der Waals surface area contributed by atoms with Crippen LogP contribution in [0.1, 0.15) is 42.2 Å². The van der Waals surface area contributed by atoms with Crippen molar-refractivity contribution in [2.75, 3.05) is 11.9 Å². The van der Waals surface area contributed by atoms with E-state index in [4.69, 9.17) is 11.6 Å². The lowest BCUT2D eigenvalue weighted by molar-refractivity contribution is -0.154. The Labute approximate surface area is 169 Å². The normalized spacial score (nSPS) is 12.2. The van der Waals surface area contributed by atoms with Crippen LogP contribution < -0.4 is 15.4 Å². The zero-order chi connectivity index (χ0) is 21.6. The van der Waals surface area contributed by atoms with Gasteiger partial charge >= 0.3 is 6.18 Å². The molecule has 0 fully saturated rings. The summed E-state index contributed by atoms with van der Waals surface area (Å²) in [4.78, 5) is 31.6. The Kier molecular flexibility index (Phi) is 7.38. The van der Waals surface area contributed by atoms with E-state index >= 15 is 0 Å². The van der Waals surface area contributed by atoms with E-state index in [-0.39, 0.29) is 34.6 Å². The van der Waals surface area contributed by atoms with Gasteiger partial charge in [-0.15, -0.1) is 0 Å². The third-order valence-electron chi connectivity index (χ3n) is 3.66. The highest BCUT2D eigenvalue weighted by Gasteiger charge is 2.29. The Bertz CT molecular complexity index is 893. The molecule has 11 heteroatoms. The van der Waals surface area contributed by atoms with E-state index in [0.717, 1.165) is 0 Å². The number of halogens is 4. The fourth-order valence-electron chi connectivity index (χ4n) is 2.17. The molecular formula is C18H18ClF3N4O3. The number of nitrogens with zero attached hydrogens (tertiary/aromatic N) is 2. The number of pyridine rings is 2. The van der Waals surface area contributed by atoms with Crippen molar-refractivity contribution in [2.45, 2.75) is 32.5 Å². The fraction of sp³-hybridized carbons (Fsp3) is 0.333. The molecule has 2 amide bonds. The molecule has 0 spiro atoms. The minimum atomic E-state index is -4.51.